The molecule has 23 heavy (non-hydrogen) atoms. The lowest BCUT2D eigenvalue weighted by Gasteiger charge is -2.16. The van der Waals surface area contributed by atoms with Gasteiger partial charge in [0.15, 0.2) is 11.3 Å². The number of carboxylic acid groups (broad SMARTS) is 1. The predicted molar refractivity (Wildman–Crippen MR) is 84.7 cm³/mol. The molecule has 0 spiro atoms. The van der Waals surface area contributed by atoms with Crippen LogP contribution in [0.4, 0.5) is 5.69 Å². The van der Waals surface area contributed by atoms with Crippen molar-refractivity contribution in [2.24, 2.45) is 0 Å². The van der Waals surface area contributed by atoms with Crippen molar-refractivity contribution in [3.63, 3.8) is 0 Å². The molecule has 5 nitrogen and oxygen atoms in total. The molecule has 0 aliphatic carbocycles. The van der Waals surface area contributed by atoms with E-state index in [-0.39, 0.29) is 5.88 Å². The van der Waals surface area contributed by atoms with Gasteiger partial charge in [-0.3, -0.25) is 4.90 Å². The number of carboxylic acids is 1. The maximum absolute atomic E-state index is 11.3. The van der Waals surface area contributed by atoms with Gasteiger partial charge in [0.05, 0.1) is 6.20 Å². The van der Waals surface area contributed by atoms with Gasteiger partial charge in [0.2, 0.25) is 5.88 Å². The van der Waals surface area contributed by atoms with Gasteiger partial charge in [-0.15, -0.1) is 0 Å². The summed E-state index contributed by atoms with van der Waals surface area (Å²) in [5.74, 6) is -0.852. The van der Waals surface area contributed by atoms with Gasteiger partial charge >= 0.3 is 5.97 Å². The van der Waals surface area contributed by atoms with Crippen LogP contribution in [0.5, 0.6) is 0 Å². The van der Waals surface area contributed by atoms with Gasteiger partial charge in [0, 0.05) is 11.3 Å². The molecule has 0 amide bonds. The van der Waals surface area contributed by atoms with Crippen LogP contribution in [0.1, 0.15) is 5.56 Å². The molecule has 5 heteroatoms. The molecule has 3 rings (SSSR count). The Bertz CT molecular complexity index is 834. The summed E-state index contributed by atoms with van der Waals surface area (Å²) in [7, 11) is 0. The SMILES string of the molecule is N#CC(C(=O)O)=C1OC(c2ccccc2)=CN1c1ccccc1. The van der Waals surface area contributed by atoms with Gasteiger partial charge < -0.3 is 9.84 Å². The molecule has 0 fully saturated rings. The molecule has 2 aromatic carbocycles. The van der Waals surface area contributed by atoms with Crippen LogP contribution in [0.25, 0.3) is 5.76 Å². The lowest BCUT2D eigenvalue weighted by Crippen LogP contribution is -2.16. The zero-order chi connectivity index (χ0) is 16.2. The van der Waals surface area contributed by atoms with Crippen molar-refractivity contribution >= 4 is 17.4 Å². The molecule has 0 aromatic heterocycles. The van der Waals surface area contributed by atoms with E-state index in [2.05, 4.69) is 0 Å². The number of para-hydroxylation sites is 1. The molecule has 1 heterocycles. The summed E-state index contributed by atoms with van der Waals surface area (Å²) in [5, 5.41) is 18.4. The van der Waals surface area contributed by atoms with Crippen LogP contribution in [-0.2, 0) is 9.53 Å². The summed E-state index contributed by atoms with van der Waals surface area (Å²) in [6, 6.07) is 20.1. The average Bonchev–Trinajstić information content (AvgIpc) is 3.02. The van der Waals surface area contributed by atoms with E-state index in [0.29, 0.717) is 11.4 Å². The van der Waals surface area contributed by atoms with Crippen LogP contribution < -0.4 is 4.90 Å². The Morgan fingerprint density at radius 3 is 2.22 bits per heavy atom. The van der Waals surface area contributed by atoms with Crippen molar-refractivity contribution in [2.45, 2.75) is 0 Å². The lowest BCUT2D eigenvalue weighted by molar-refractivity contribution is -0.132. The Kier molecular flexibility index (Phi) is 3.81. The zero-order valence-electron chi connectivity index (χ0n) is 12.0. The minimum atomic E-state index is -1.33. The van der Waals surface area contributed by atoms with Crippen molar-refractivity contribution in [1.29, 1.82) is 5.26 Å². The number of hydrogen-bond donors (Lipinski definition) is 1. The fraction of sp³-hybridized carbons (Fsp3) is 0. The minimum Gasteiger partial charge on any atom is -0.477 e. The molecule has 0 saturated carbocycles. The maximum atomic E-state index is 11.3. The number of anilines is 1. The Hall–Kier alpha value is -3.52. The second kappa shape index (κ2) is 6.08. The molecule has 1 aliphatic heterocycles. The van der Waals surface area contributed by atoms with Gasteiger partial charge in [0.1, 0.15) is 6.07 Å². The third kappa shape index (κ3) is 2.78. The first-order valence-electron chi connectivity index (χ1n) is 6.88. The third-order valence-electron chi connectivity index (χ3n) is 3.30. The number of nitrogens with zero attached hydrogens (tertiary/aromatic N) is 2. The minimum absolute atomic E-state index is 0.00921. The van der Waals surface area contributed by atoms with Crippen LogP contribution in [-0.4, -0.2) is 11.1 Å². The van der Waals surface area contributed by atoms with Crippen molar-refractivity contribution in [1.82, 2.24) is 0 Å². The Morgan fingerprint density at radius 2 is 1.65 bits per heavy atom. The third-order valence-corrected chi connectivity index (χ3v) is 3.30. The maximum Gasteiger partial charge on any atom is 0.352 e. The Labute approximate surface area is 133 Å². The first-order valence-corrected chi connectivity index (χ1v) is 6.88. The fourth-order valence-corrected chi connectivity index (χ4v) is 2.23. The van der Waals surface area contributed by atoms with E-state index in [1.54, 1.807) is 17.2 Å². The van der Waals surface area contributed by atoms with E-state index in [9.17, 15) is 9.90 Å². The number of rotatable bonds is 3. The van der Waals surface area contributed by atoms with Crippen LogP contribution in [0.2, 0.25) is 0 Å². The number of hydrogen-bond acceptors (Lipinski definition) is 4. The van der Waals surface area contributed by atoms with Crippen LogP contribution >= 0.6 is 0 Å². The Balaban J connectivity index is 2.12. The zero-order valence-corrected chi connectivity index (χ0v) is 12.0. The monoisotopic (exact) mass is 304 g/mol. The highest BCUT2D eigenvalue weighted by Crippen LogP contribution is 2.34. The number of nitriles is 1. The molecule has 2 aromatic rings. The first kappa shape index (κ1) is 14.4. The largest absolute Gasteiger partial charge is 0.477 e. The fourth-order valence-electron chi connectivity index (χ4n) is 2.23. The van der Waals surface area contributed by atoms with Gasteiger partial charge in [-0.2, -0.15) is 5.26 Å². The molecule has 0 saturated heterocycles. The van der Waals surface area contributed by atoms with E-state index >= 15 is 0 Å². The van der Waals surface area contributed by atoms with Crippen molar-refractivity contribution in [2.75, 3.05) is 4.90 Å². The number of aliphatic carboxylic acids is 1. The highest BCUT2D eigenvalue weighted by Gasteiger charge is 2.29. The van der Waals surface area contributed by atoms with Crippen molar-refractivity contribution in [3.8, 4) is 6.07 Å². The molecular formula is C18H12N2O3. The summed E-state index contributed by atoms with van der Waals surface area (Å²) in [6.45, 7) is 0. The molecule has 0 atom stereocenters. The number of carbonyl (C=O) groups is 1. The van der Waals surface area contributed by atoms with Gasteiger partial charge in [-0.05, 0) is 12.1 Å². The second-order valence-electron chi connectivity index (χ2n) is 4.76. The van der Waals surface area contributed by atoms with Crippen molar-refractivity contribution < 1.29 is 14.6 Å². The first-order chi connectivity index (χ1) is 11.2. The highest BCUT2D eigenvalue weighted by molar-refractivity contribution is 5.93. The summed E-state index contributed by atoms with van der Waals surface area (Å²) < 4.78 is 5.69. The van der Waals surface area contributed by atoms with Gasteiger partial charge in [-0.1, -0.05) is 48.5 Å². The summed E-state index contributed by atoms with van der Waals surface area (Å²) in [4.78, 5) is 12.9. The summed E-state index contributed by atoms with van der Waals surface area (Å²) >= 11 is 0. The quantitative estimate of drug-likeness (QED) is 0.695. The highest BCUT2D eigenvalue weighted by atomic mass is 16.5. The smallest absolute Gasteiger partial charge is 0.352 e. The number of ether oxygens (including phenoxy) is 1. The molecule has 0 radical (unpaired) electrons. The molecule has 1 N–H and O–H groups in total. The van der Waals surface area contributed by atoms with E-state index < -0.39 is 11.5 Å². The van der Waals surface area contributed by atoms with Crippen molar-refractivity contribution in [3.05, 3.63) is 83.9 Å². The van der Waals surface area contributed by atoms with Crippen LogP contribution in [0.15, 0.2) is 78.3 Å². The van der Waals surface area contributed by atoms with E-state index in [1.165, 1.54) is 0 Å². The lowest BCUT2D eigenvalue weighted by atomic mass is 10.2. The second-order valence-corrected chi connectivity index (χ2v) is 4.76. The number of benzene rings is 2. The molecule has 0 bridgehead atoms. The molecule has 0 unspecified atom stereocenters. The van der Waals surface area contributed by atoms with Gasteiger partial charge in [-0.25, -0.2) is 4.79 Å². The Morgan fingerprint density at radius 1 is 1.04 bits per heavy atom. The molecule has 112 valence electrons. The van der Waals surface area contributed by atoms with E-state index in [1.807, 2.05) is 60.7 Å². The molecular weight excluding hydrogens is 292 g/mol. The van der Waals surface area contributed by atoms with E-state index in [0.717, 1.165) is 5.56 Å². The van der Waals surface area contributed by atoms with E-state index in [4.69, 9.17) is 10.00 Å². The van der Waals surface area contributed by atoms with Gasteiger partial charge in [0.25, 0.3) is 0 Å². The summed E-state index contributed by atoms with van der Waals surface area (Å²) in [6.07, 6.45) is 1.68. The topological polar surface area (TPSA) is 73.6 Å². The molecule has 1 aliphatic rings. The average molecular weight is 304 g/mol. The standard InChI is InChI=1S/C18H12N2O3/c19-11-15(18(21)22)17-20(14-9-5-2-6-10-14)12-16(23-17)13-7-3-1-4-8-13/h1-10,12H,(H,21,22). The normalized spacial score (nSPS) is 15.4. The summed E-state index contributed by atoms with van der Waals surface area (Å²) in [5.41, 5.74) is 1.06. The van der Waals surface area contributed by atoms with Crippen LogP contribution in [0.3, 0.4) is 0 Å². The predicted octanol–water partition coefficient (Wildman–Crippen LogP) is 3.34. The van der Waals surface area contributed by atoms with Crippen LogP contribution in [0, 0.1) is 11.3 Å².